The minimum Gasteiger partial charge on any atom is -0.472 e. The van der Waals surface area contributed by atoms with E-state index in [0.29, 0.717) is 18.0 Å². The van der Waals surface area contributed by atoms with Crippen molar-refractivity contribution in [1.82, 2.24) is 4.31 Å². The fraction of sp³-hybridized carbons (Fsp3) is 0.286. The van der Waals surface area contributed by atoms with Crippen LogP contribution in [0.1, 0.15) is 5.56 Å². The highest BCUT2D eigenvalue weighted by molar-refractivity contribution is 8.00. The molecule has 0 unspecified atom stereocenters. The van der Waals surface area contributed by atoms with Gasteiger partial charge in [0, 0.05) is 35.5 Å². The third-order valence-electron chi connectivity index (χ3n) is 2.93. The maximum absolute atomic E-state index is 12.2. The Labute approximate surface area is 129 Å². The van der Waals surface area contributed by atoms with Crippen molar-refractivity contribution < 1.29 is 12.8 Å². The van der Waals surface area contributed by atoms with E-state index in [2.05, 4.69) is 0 Å². The van der Waals surface area contributed by atoms with Crippen LogP contribution in [0, 0.1) is 0 Å². The van der Waals surface area contributed by atoms with E-state index in [1.807, 2.05) is 18.2 Å². The minimum absolute atomic E-state index is 0.0841. The van der Waals surface area contributed by atoms with Gasteiger partial charge in [-0.15, -0.1) is 11.8 Å². The van der Waals surface area contributed by atoms with Crippen molar-refractivity contribution in [2.75, 3.05) is 24.3 Å². The van der Waals surface area contributed by atoms with E-state index in [1.165, 1.54) is 22.3 Å². The Balaban J connectivity index is 1.86. The van der Waals surface area contributed by atoms with Crippen molar-refractivity contribution in [3.63, 3.8) is 0 Å². The summed E-state index contributed by atoms with van der Waals surface area (Å²) in [5.74, 6) is 0.572. The summed E-state index contributed by atoms with van der Waals surface area (Å²) in [6.45, 7) is 0.321. The molecule has 114 valence electrons. The monoisotopic (exact) mass is 326 g/mol. The molecule has 1 aromatic heterocycles. The number of benzene rings is 1. The second-order valence-electron chi connectivity index (χ2n) is 4.62. The summed E-state index contributed by atoms with van der Waals surface area (Å²) in [5, 5.41) is 0. The van der Waals surface area contributed by atoms with Crippen LogP contribution in [0.25, 0.3) is 0 Å². The van der Waals surface area contributed by atoms with Gasteiger partial charge in [-0.05, 0) is 24.3 Å². The van der Waals surface area contributed by atoms with Crippen LogP contribution in [0.4, 0.5) is 5.69 Å². The van der Waals surface area contributed by atoms with Gasteiger partial charge in [0.25, 0.3) is 0 Å². The Morgan fingerprint density at radius 2 is 2.14 bits per heavy atom. The predicted octanol–water partition coefficient (Wildman–Crippen LogP) is 2.42. The van der Waals surface area contributed by atoms with Gasteiger partial charge in [0.05, 0.1) is 18.3 Å². The molecule has 2 rings (SSSR count). The van der Waals surface area contributed by atoms with E-state index >= 15 is 0 Å². The third kappa shape index (κ3) is 4.80. The number of furan rings is 1. The molecule has 0 spiro atoms. The number of nitrogens with zero attached hydrogens (tertiary/aromatic N) is 1. The van der Waals surface area contributed by atoms with Gasteiger partial charge >= 0.3 is 0 Å². The summed E-state index contributed by atoms with van der Waals surface area (Å²) in [6, 6.07) is 9.18. The average molecular weight is 326 g/mol. The van der Waals surface area contributed by atoms with E-state index in [-0.39, 0.29) is 5.75 Å². The first-order valence-corrected chi connectivity index (χ1v) is 9.00. The fourth-order valence-corrected chi connectivity index (χ4v) is 4.23. The van der Waals surface area contributed by atoms with Gasteiger partial charge in [-0.25, -0.2) is 12.7 Å². The zero-order valence-corrected chi connectivity index (χ0v) is 13.4. The number of anilines is 1. The SMILES string of the molecule is CN(Cc1ccoc1)S(=O)(=O)CCSc1cccc(N)c1. The van der Waals surface area contributed by atoms with E-state index in [0.717, 1.165) is 10.5 Å². The molecule has 5 nitrogen and oxygen atoms in total. The highest BCUT2D eigenvalue weighted by Crippen LogP contribution is 2.21. The van der Waals surface area contributed by atoms with Crippen molar-refractivity contribution in [3.8, 4) is 0 Å². The van der Waals surface area contributed by atoms with E-state index < -0.39 is 10.0 Å². The maximum atomic E-state index is 12.2. The molecule has 2 aromatic rings. The van der Waals surface area contributed by atoms with Gasteiger partial charge in [-0.2, -0.15) is 0 Å². The number of sulfonamides is 1. The minimum atomic E-state index is -3.28. The van der Waals surface area contributed by atoms with Crippen LogP contribution in [-0.4, -0.2) is 31.3 Å². The molecule has 0 aliphatic carbocycles. The first-order valence-electron chi connectivity index (χ1n) is 6.41. The van der Waals surface area contributed by atoms with Crippen LogP contribution in [0.3, 0.4) is 0 Å². The summed E-state index contributed by atoms with van der Waals surface area (Å²) >= 11 is 1.48. The smallest absolute Gasteiger partial charge is 0.214 e. The summed E-state index contributed by atoms with van der Waals surface area (Å²) in [5.41, 5.74) is 7.21. The third-order valence-corrected chi connectivity index (χ3v) is 5.98. The van der Waals surface area contributed by atoms with Crippen molar-refractivity contribution >= 4 is 27.5 Å². The molecule has 1 heterocycles. The van der Waals surface area contributed by atoms with Crippen molar-refractivity contribution in [3.05, 3.63) is 48.4 Å². The standard InChI is InChI=1S/C14H18N2O3S2/c1-16(10-12-5-6-19-11-12)21(17,18)8-7-20-14-4-2-3-13(15)9-14/h2-6,9,11H,7-8,10,15H2,1H3. The number of nitrogens with two attached hydrogens (primary N) is 1. The molecular formula is C14H18N2O3S2. The van der Waals surface area contributed by atoms with E-state index in [1.54, 1.807) is 25.4 Å². The van der Waals surface area contributed by atoms with Gasteiger partial charge < -0.3 is 10.2 Å². The molecule has 0 saturated carbocycles. The molecule has 1 aromatic carbocycles. The Hall–Kier alpha value is -1.44. The second-order valence-corrected chi connectivity index (χ2v) is 7.99. The number of rotatable bonds is 7. The largest absolute Gasteiger partial charge is 0.472 e. The molecule has 2 N–H and O–H groups in total. The van der Waals surface area contributed by atoms with Crippen molar-refractivity contribution in [1.29, 1.82) is 0 Å². The summed E-state index contributed by atoms with van der Waals surface area (Å²) in [6.07, 6.45) is 3.08. The highest BCUT2D eigenvalue weighted by atomic mass is 32.2. The zero-order valence-electron chi connectivity index (χ0n) is 11.7. The quantitative estimate of drug-likeness (QED) is 0.624. The summed E-state index contributed by atoms with van der Waals surface area (Å²) < 4.78 is 30.6. The molecule has 0 aliphatic rings. The lowest BCUT2D eigenvalue weighted by molar-refractivity contribution is 0.464. The molecular weight excluding hydrogens is 308 g/mol. The van der Waals surface area contributed by atoms with Gasteiger partial charge in [0.2, 0.25) is 10.0 Å². The van der Waals surface area contributed by atoms with E-state index in [4.69, 9.17) is 10.2 Å². The Bertz CT molecular complexity index is 669. The number of nitrogen functional groups attached to an aromatic ring is 1. The van der Waals surface area contributed by atoms with Gasteiger partial charge in [-0.1, -0.05) is 6.07 Å². The Morgan fingerprint density at radius 3 is 2.81 bits per heavy atom. The second kappa shape index (κ2) is 7.02. The first-order chi connectivity index (χ1) is 9.97. The molecule has 0 atom stereocenters. The number of hydrogen-bond donors (Lipinski definition) is 1. The summed E-state index contributed by atoms with van der Waals surface area (Å²) in [7, 11) is -1.70. The Morgan fingerprint density at radius 1 is 1.33 bits per heavy atom. The molecule has 7 heteroatoms. The molecule has 0 aliphatic heterocycles. The van der Waals surface area contributed by atoms with Crippen molar-refractivity contribution in [2.45, 2.75) is 11.4 Å². The molecule has 0 saturated heterocycles. The molecule has 21 heavy (non-hydrogen) atoms. The fourth-order valence-electron chi connectivity index (χ4n) is 1.76. The van der Waals surface area contributed by atoms with Crippen LogP contribution in [0.15, 0.2) is 52.2 Å². The maximum Gasteiger partial charge on any atom is 0.214 e. The van der Waals surface area contributed by atoms with Crippen LogP contribution < -0.4 is 5.73 Å². The highest BCUT2D eigenvalue weighted by Gasteiger charge is 2.18. The first kappa shape index (κ1) is 15.9. The predicted molar refractivity (Wildman–Crippen MR) is 85.5 cm³/mol. The summed E-state index contributed by atoms with van der Waals surface area (Å²) in [4.78, 5) is 0.975. The topological polar surface area (TPSA) is 76.5 Å². The van der Waals surface area contributed by atoms with Gasteiger partial charge in [0.1, 0.15) is 0 Å². The molecule has 0 fully saturated rings. The van der Waals surface area contributed by atoms with E-state index in [9.17, 15) is 8.42 Å². The molecule has 0 radical (unpaired) electrons. The lowest BCUT2D eigenvalue weighted by Gasteiger charge is -2.16. The van der Waals surface area contributed by atoms with Crippen LogP contribution in [0.5, 0.6) is 0 Å². The van der Waals surface area contributed by atoms with Crippen LogP contribution in [-0.2, 0) is 16.6 Å². The van der Waals surface area contributed by atoms with Crippen LogP contribution in [0.2, 0.25) is 0 Å². The molecule has 0 amide bonds. The van der Waals surface area contributed by atoms with Gasteiger partial charge in [-0.3, -0.25) is 0 Å². The lowest BCUT2D eigenvalue weighted by atomic mass is 10.3. The Kier molecular flexibility index (Phi) is 5.33. The van der Waals surface area contributed by atoms with Crippen LogP contribution >= 0.6 is 11.8 Å². The molecule has 0 bridgehead atoms. The number of hydrogen-bond acceptors (Lipinski definition) is 5. The zero-order chi connectivity index (χ0) is 15.3. The number of thioether (sulfide) groups is 1. The van der Waals surface area contributed by atoms with Crippen molar-refractivity contribution in [2.24, 2.45) is 0 Å². The lowest BCUT2D eigenvalue weighted by Crippen LogP contribution is -2.29. The average Bonchev–Trinajstić information content (AvgIpc) is 2.91. The van der Waals surface area contributed by atoms with Gasteiger partial charge in [0.15, 0.2) is 0 Å². The normalized spacial score (nSPS) is 11.9.